The van der Waals surface area contributed by atoms with Gasteiger partial charge < -0.3 is 14.6 Å². The number of piperidine rings is 1. The third-order valence-corrected chi connectivity index (χ3v) is 3.89. The van der Waals surface area contributed by atoms with Gasteiger partial charge >= 0.3 is 0 Å². The molecule has 2 fully saturated rings. The maximum atomic E-state index is 12.2. The molecule has 4 nitrogen and oxygen atoms in total. The lowest BCUT2D eigenvalue weighted by atomic mass is 9.93. The zero-order valence-corrected chi connectivity index (χ0v) is 10.1. The van der Waals surface area contributed by atoms with Crippen molar-refractivity contribution >= 4 is 5.91 Å². The Labute approximate surface area is 101 Å². The number of aryl methyl sites for hydroxylation is 1. The second-order valence-corrected chi connectivity index (χ2v) is 5.06. The molecule has 92 valence electrons. The van der Waals surface area contributed by atoms with Crippen LogP contribution in [0, 0.1) is 12.8 Å². The van der Waals surface area contributed by atoms with E-state index >= 15 is 0 Å². The van der Waals surface area contributed by atoms with Crippen molar-refractivity contribution in [2.24, 2.45) is 5.92 Å². The van der Waals surface area contributed by atoms with Crippen LogP contribution in [0.5, 0.6) is 0 Å². The van der Waals surface area contributed by atoms with Gasteiger partial charge in [0.2, 0.25) is 0 Å². The van der Waals surface area contributed by atoms with E-state index in [9.17, 15) is 4.79 Å². The number of carbonyl (C=O) groups is 1. The van der Waals surface area contributed by atoms with Crippen LogP contribution in [0.1, 0.15) is 29.2 Å². The highest BCUT2D eigenvalue weighted by Gasteiger charge is 2.35. The molecule has 2 atom stereocenters. The Morgan fingerprint density at radius 3 is 3.12 bits per heavy atom. The van der Waals surface area contributed by atoms with E-state index in [0.29, 0.717) is 17.7 Å². The number of rotatable bonds is 1. The number of nitrogens with one attached hydrogen (secondary N) is 1. The predicted molar refractivity (Wildman–Crippen MR) is 63.9 cm³/mol. The van der Waals surface area contributed by atoms with E-state index in [1.165, 1.54) is 6.42 Å². The van der Waals surface area contributed by atoms with Crippen LogP contribution in [0.2, 0.25) is 0 Å². The highest BCUT2D eigenvalue weighted by Crippen LogP contribution is 2.25. The number of hydrogen-bond donors (Lipinski definition) is 1. The van der Waals surface area contributed by atoms with Crippen molar-refractivity contribution in [1.29, 1.82) is 0 Å². The molecule has 1 aromatic heterocycles. The second-order valence-electron chi connectivity index (χ2n) is 5.06. The first-order chi connectivity index (χ1) is 8.24. The van der Waals surface area contributed by atoms with E-state index in [1.54, 1.807) is 6.07 Å². The molecule has 0 bridgehead atoms. The monoisotopic (exact) mass is 234 g/mol. The van der Waals surface area contributed by atoms with E-state index in [0.717, 1.165) is 31.8 Å². The molecule has 0 saturated carbocycles. The van der Waals surface area contributed by atoms with Gasteiger partial charge in [0, 0.05) is 19.1 Å². The number of nitrogens with zero attached hydrogens (tertiary/aromatic N) is 1. The van der Waals surface area contributed by atoms with Crippen LogP contribution >= 0.6 is 0 Å². The summed E-state index contributed by atoms with van der Waals surface area (Å²) in [6.07, 6.45) is 2.25. The minimum atomic E-state index is 0.0449. The van der Waals surface area contributed by atoms with Crippen LogP contribution in [0.4, 0.5) is 0 Å². The molecule has 2 saturated heterocycles. The molecule has 4 heteroatoms. The van der Waals surface area contributed by atoms with Crippen molar-refractivity contribution in [3.63, 3.8) is 0 Å². The topological polar surface area (TPSA) is 45.5 Å². The number of hydrogen-bond acceptors (Lipinski definition) is 3. The second kappa shape index (κ2) is 4.18. The fourth-order valence-electron chi connectivity index (χ4n) is 2.94. The zero-order chi connectivity index (χ0) is 11.8. The smallest absolute Gasteiger partial charge is 0.289 e. The summed E-state index contributed by atoms with van der Waals surface area (Å²) in [6.45, 7) is 4.67. The maximum absolute atomic E-state index is 12.2. The maximum Gasteiger partial charge on any atom is 0.289 e. The average Bonchev–Trinajstić information content (AvgIpc) is 2.95. The molecule has 1 N–H and O–H groups in total. The van der Waals surface area contributed by atoms with Crippen LogP contribution in [-0.4, -0.2) is 36.5 Å². The van der Waals surface area contributed by atoms with Gasteiger partial charge in [0.15, 0.2) is 5.76 Å². The van der Waals surface area contributed by atoms with Crippen LogP contribution in [0.15, 0.2) is 16.5 Å². The Bertz CT molecular complexity index is 427. The summed E-state index contributed by atoms with van der Waals surface area (Å²) < 4.78 is 5.40. The summed E-state index contributed by atoms with van der Waals surface area (Å²) in [6, 6.07) is 4.24. The first-order valence-electron chi connectivity index (χ1n) is 6.33. The third kappa shape index (κ3) is 1.97. The molecular formula is C13H18N2O2. The highest BCUT2D eigenvalue weighted by molar-refractivity contribution is 5.91. The Morgan fingerprint density at radius 2 is 2.35 bits per heavy atom. The molecule has 2 unspecified atom stereocenters. The Hall–Kier alpha value is -1.29. The summed E-state index contributed by atoms with van der Waals surface area (Å²) in [4.78, 5) is 14.2. The minimum Gasteiger partial charge on any atom is -0.456 e. The van der Waals surface area contributed by atoms with Gasteiger partial charge in [-0.15, -0.1) is 0 Å². The van der Waals surface area contributed by atoms with E-state index in [-0.39, 0.29) is 5.91 Å². The molecule has 0 radical (unpaired) electrons. The summed E-state index contributed by atoms with van der Waals surface area (Å²) in [5.74, 6) is 1.95. The summed E-state index contributed by atoms with van der Waals surface area (Å²) >= 11 is 0. The van der Waals surface area contributed by atoms with Crippen LogP contribution in [0.25, 0.3) is 0 Å². The first kappa shape index (κ1) is 10.8. The zero-order valence-electron chi connectivity index (χ0n) is 10.1. The van der Waals surface area contributed by atoms with Crippen molar-refractivity contribution in [3.05, 3.63) is 23.7 Å². The van der Waals surface area contributed by atoms with Crippen molar-refractivity contribution in [2.45, 2.75) is 25.8 Å². The van der Waals surface area contributed by atoms with Gasteiger partial charge in [0.25, 0.3) is 5.91 Å². The van der Waals surface area contributed by atoms with Crippen molar-refractivity contribution in [2.75, 3.05) is 19.6 Å². The van der Waals surface area contributed by atoms with Gasteiger partial charge in [-0.1, -0.05) is 0 Å². The number of likely N-dealkylation sites (tertiary alicyclic amines) is 1. The molecule has 3 heterocycles. The van der Waals surface area contributed by atoms with Crippen molar-refractivity contribution in [3.8, 4) is 0 Å². The molecule has 0 spiro atoms. The molecule has 3 rings (SSSR count). The van der Waals surface area contributed by atoms with Crippen molar-refractivity contribution in [1.82, 2.24) is 10.2 Å². The fraction of sp³-hybridized carbons (Fsp3) is 0.615. The van der Waals surface area contributed by atoms with Gasteiger partial charge in [-0.2, -0.15) is 0 Å². The molecular weight excluding hydrogens is 216 g/mol. The van der Waals surface area contributed by atoms with E-state index in [1.807, 2.05) is 17.9 Å². The van der Waals surface area contributed by atoms with Gasteiger partial charge in [0.05, 0.1) is 0 Å². The van der Waals surface area contributed by atoms with Gasteiger partial charge in [-0.05, 0) is 44.4 Å². The number of fused-ring (bicyclic) bond motifs is 1. The minimum absolute atomic E-state index is 0.0449. The molecule has 1 amide bonds. The molecule has 17 heavy (non-hydrogen) atoms. The number of carbonyl (C=O) groups excluding carboxylic acids is 1. The third-order valence-electron chi connectivity index (χ3n) is 3.89. The quantitative estimate of drug-likeness (QED) is 0.799. The molecule has 0 aliphatic carbocycles. The van der Waals surface area contributed by atoms with E-state index in [2.05, 4.69) is 5.32 Å². The largest absolute Gasteiger partial charge is 0.456 e. The van der Waals surface area contributed by atoms with Gasteiger partial charge in [0.1, 0.15) is 5.76 Å². The normalized spacial score (nSPS) is 28.2. The molecule has 1 aromatic rings. The first-order valence-corrected chi connectivity index (χ1v) is 6.33. The summed E-state index contributed by atoms with van der Waals surface area (Å²) in [7, 11) is 0. The molecule has 0 aromatic carbocycles. The average molecular weight is 234 g/mol. The van der Waals surface area contributed by atoms with Gasteiger partial charge in [-0.3, -0.25) is 4.79 Å². The Balaban J connectivity index is 1.70. The lowest BCUT2D eigenvalue weighted by Gasteiger charge is -2.34. The SMILES string of the molecule is Cc1ccc(C(=O)N2CCC3NCCC3C2)o1. The standard InChI is InChI=1S/C13H18N2O2/c1-9-2-3-12(17-9)13(16)15-7-5-11-10(8-15)4-6-14-11/h2-3,10-11,14H,4-8H2,1H3. The molecule has 2 aliphatic rings. The van der Waals surface area contributed by atoms with E-state index in [4.69, 9.17) is 4.42 Å². The van der Waals surface area contributed by atoms with Crippen LogP contribution in [-0.2, 0) is 0 Å². The number of amides is 1. The lowest BCUT2D eigenvalue weighted by molar-refractivity contribution is 0.0629. The van der Waals surface area contributed by atoms with Crippen LogP contribution < -0.4 is 5.32 Å². The lowest BCUT2D eigenvalue weighted by Crippen LogP contribution is -2.46. The summed E-state index contributed by atoms with van der Waals surface area (Å²) in [5.41, 5.74) is 0. The highest BCUT2D eigenvalue weighted by atomic mass is 16.3. The Morgan fingerprint density at radius 1 is 1.47 bits per heavy atom. The number of furan rings is 1. The van der Waals surface area contributed by atoms with E-state index < -0.39 is 0 Å². The summed E-state index contributed by atoms with van der Waals surface area (Å²) in [5, 5.41) is 3.50. The van der Waals surface area contributed by atoms with Crippen molar-refractivity contribution < 1.29 is 9.21 Å². The predicted octanol–water partition coefficient (Wildman–Crippen LogP) is 1.41. The van der Waals surface area contributed by atoms with Gasteiger partial charge in [-0.25, -0.2) is 0 Å². The fourth-order valence-corrected chi connectivity index (χ4v) is 2.94. The van der Waals surface area contributed by atoms with Crippen LogP contribution in [0.3, 0.4) is 0 Å². The Kier molecular flexibility index (Phi) is 2.67. The molecule has 2 aliphatic heterocycles.